The number of aromatic nitrogens is 1. The van der Waals surface area contributed by atoms with E-state index in [2.05, 4.69) is 4.98 Å². The molecule has 2 rings (SSSR count). The fourth-order valence-corrected chi connectivity index (χ4v) is 2.04. The van der Waals surface area contributed by atoms with Crippen molar-refractivity contribution in [2.45, 2.75) is 19.5 Å². The highest BCUT2D eigenvalue weighted by atomic mass is 19.4. The Morgan fingerprint density at radius 3 is 2.61 bits per heavy atom. The van der Waals surface area contributed by atoms with Crippen molar-refractivity contribution in [3.63, 3.8) is 0 Å². The van der Waals surface area contributed by atoms with Crippen LogP contribution in [0.25, 0.3) is 0 Å². The van der Waals surface area contributed by atoms with E-state index in [1.165, 1.54) is 12.3 Å². The van der Waals surface area contributed by atoms with Gasteiger partial charge in [-0.1, -0.05) is 6.08 Å². The molecule has 0 aliphatic carbocycles. The molecule has 0 amide bonds. The lowest BCUT2D eigenvalue weighted by atomic mass is 10.1. The van der Waals surface area contributed by atoms with E-state index in [0.717, 1.165) is 5.56 Å². The number of hydrogen-bond donors (Lipinski definition) is 1. The number of rotatable bonds is 1. The number of halogens is 3. The molecule has 18 heavy (non-hydrogen) atoms. The van der Waals surface area contributed by atoms with Crippen LogP contribution in [-0.4, -0.2) is 24.2 Å². The quantitative estimate of drug-likeness (QED) is 0.786. The third-order valence-electron chi connectivity index (χ3n) is 2.94. The molecule has 2 heterocycles. The lowest BCUT2D eigenvalue weighted by Crippen LogP contribution is -2.32. The number of hydrogen-bond acceptors (Lipinski definition) is 3. The van der Waals surface area contributed by atoms with Crippen molar-refractivity contribution in [2.75, 3.05) is 23.7 Å². The van der Waals surface area contributed by atoms with Crippen molar-refractivity contribution in [2.24, 2.45) is 0 Å². The van der Waals surface area contributed by atoms with Crippen LogP contribution in [0.4, 0.5) is 24.7 Å². The van der Waals surface area contributed by atoms with Crippen molar-refractivity contribution < 1.29 is 13.2 Å². The summed E-state index contributed by atoms with van der Waals surface area (Å²) in [6.07, 6.45) is -1.48. The zero-order valence-corrected chi connectivity index (χ0v) is 9.96. The van der Waals surface area contributed by atoms with E-state index in [4.69, 9.17) is 5.73 Å². The van der Waals surface area contributed by atoms with Crippen molar-refractivity contribution >= 4 is 11.5 Å². The average Bonchev–Trinajstić information content (AvgIpc) is 2.28. The molecule has 0 spiro atoms. The lowest BCUT2D eigenvalue weighted by Gasteiger charge is -2.29. The number of pyridine rings is 1. The number of anilines is 2. The number of aryl methyl sites for hydroxylation is 1. The minimum atomic E-state index is -4.21. The second-order valence-electron chi connectivity index (χ2n) is 4.33. The molecule has 0 bridgehead atoms. The first-order chi connectivity index (χ1) is 8.38. The smallest absolute Gasteiger partial charge is 0.397 e. The fraction of sp³-hybridized carbons (Fsp3) is 0.417. The molecule has 3 nitrogen and oxygen atoms in total. The molecule has 1 aliphatic rings. The van der Waals surface area contributed by atoms with Gasteiger partial charge >= 0.3 is 6.18 Å². The molecule has 1 aromatic heterocycles. The maximum atomic E-state index is 12.5. The van der Waals surface area contributed by atoms with Crippen LogP contribution in [0.1, 0.15) is 12.0 Å². The van der Waals surface area contributed by atoms with Crippen molar-refractivity contribution in [1.82, 2.24) is 4.98 Å². The Bertz CT molecular complexity index is 480. The van der Waals surface area contributed by atoms with E-state index >= 15 is 0 Å². The van der Waals surface area contributed by atoms with E-state index in [-0.39, 0.29) is 13.0 Å². The highest BCUT2D eigenvalue weighted by Crippen LogP contribution is 2.31. The summed E-state index contributed by atoms with van der Waals surface area (Å²) in [7, 11) is 0. The minimum Gasteiger partial charge on any atom is -0.397 e. The van der Waals surface area contributed by atoms with Gasteiger partial charge in [0, 0.05) is 18.7 Å². The Labute approximate surface area is 103 Å². The minimum absolute atomic E-state index is 0.00496. The van der Waals surface area contributed by atoms with Crippen LogP contribution < -0.4 is 10.6 Å². The summed E-state index contributed by atoms with van der Waals surface area (Å²) in [6, 6.07) is 1.77. The number of alkyl halides is 3. The normalized spacial score (nSPS) is 16.7. The molecule has 2 N–H and O–H groups in total. The number of nitrogen functional groups attached to an aromatic ring is 1. The topological polar surface area (TPSA) is 42.1 Å². The van der Waals surface area contributed by atoms with Gasteiger partial charge in [-0.25, -0.2) is 4.98 Å². The van der Waals surface area contributed by atoms with Crippen LogP contribution in [0, 0.1) is 6.92 Å². The van der Waals surface area contributed by atoms with E-state index in [1.807, 2.05) is 11.8 Å². The second kappa shape index (κ2) is 4.51. The summed E-state index contributed by atoms with van der Waals surface area (Å²) in [5.41, 5.74) is 6.57. The molecule has 0 aromatic carbocycles. The first kappa shape index (κ1) is 12.7. The standard InChI is InChI=1S/C12H14F3N3/c1-8-6-10(16)7-17-11(8)18-4-2-9(3-5-18)12(13,14)15/h2,6-7H,3-5,16H2,1H3. The van der Waals surface area contributed by atoms with Gasteiger partial charge in [-0.2, -0.15) is 13.2 Å². The van der Waals surface area contributed by atoms with E-state index in [1.54, 1.807) is 6.07 Å². The monoisotopic (exact) mass is 257 g/mol. The average molecular weight is 257 g/mol. The largest absolute Gasteiger partial charge is 0.412 e. The van der Waals surface area contributed by atoms with Gasteiger partial charge in [0.2, 0.25) is 0 Å². The third kappa shape index (κ3) is 2.57. The molecule has 0 saturated heterocycles. The predicted octanol–water partition coefficient (Wildman–Crippen LogP) is 2.67. The molecular weight excluding hydrogens is 243 g/mol. The summed E-state index contributed by atoms with van der Waals surface area (Å²) >= 11 is 0. The van der Waals surface area contributed by atoms with Gasteiger partial charge in [-0.05, 0) is 25.0 Å². The van der Waals surface area contributed by atoms with Gasteiger partial charge in [0.1, 0.15) is 5.82 Å². The first-order valence-corrected chi connectivity index (χ1v) is 5.61. The van der Waals surface area contributed by atoms with Crippen LogP contribution >= 0.6 is 0 Å². The summed E-state index contributed by atoms with van der Waals surface area (Å²) < 4.78 is 37.5. The van der Waals surface area contributed by atoms with Gasteiger partial charge < -0.3 is 10.6 Å². The maximum Gasteiger partial charge on any atom is 0.412 e. The van der Waals surface area contributed by atoms with E-state index in [9.17, 15) is 13.2 Å². The fourth-order valence-electron chi connectivity index (χ4n) is 2.04. The van der Waals surface area contributed by atoms with E-state index < -0.39 is 11.7 Å². The second-order valence-corrected chi connectivity index (χ2v) is 4.33. The number of nitrogens with two attached hydrogens (primary N) is 1. The van der Waals surface area contributed by atoms with Gasteiger partial charge in [-0.15, -0.1) is 0 Å². The molecule has 0 radical (unpaired) electrons. The third-order valence-corrected chi connectivity index (χ3v) is 2.94. The Balaban J connectivity index is 2.17. The van der Waals surface area contributed by atoms with Crippen LogP contribution in [0.5, 0.6) is 0 Å². The van der Waals surface area contributed by atoms with Crippen LogP contribution in [0.15, 0.2) is 23.9 Å². The number of nitrogens with zero attached hydrogens (tertiary/aromatic N) is 2. The van der Waals surface area contributed by atoms with Crippen molar-refractivity contribution in [3.8, 4) is 0 Å². The lowest BCUT2D eigenvalue weighted by molar-refractivity contribution is -0.0944. The van der Waals surface area contributed by atoms with Crippen molar-refractivity contribution in [3.05, 3.63) is 29.5 Å². The Morgan fingerprint density at radius 1 is 1.39 bits per heavy atom. The molecule has 6 heteroatoms. The Morgan fingerprint density at radius 2 is 2.11 bits per heavy atom. The predicted molar refractivity (Wildman–Crippen MR) is 64.4 cm³/mol. The molecular formula is C12H14F3N3. The molecule has 0 unspecified atom stereocenters. The van der Waals surface area contributed by atoms with Gasteiger partial charge in [-0.3, -0.25) is 0 Å². The van der Waals surface area contributed by atoms with Crippen LogP contribution in [0.3, 0.4) is 0 Å². The SMILES string of the molecule is Cc1cc(N)cnc1N1CC=C(C(F)(F)F)CC1. The highest BCUT2D eigenvalue weighted by Gasteiger charge is 2.35. The molecule has 0 atom stereocenters. The zero-order chi connectivity index (χ0) is 13.3. The Kier molecular flexibility index (Phi) is 3.19. The summed E-state index contributed by atoms with van der Waals surface area (Å²) in [4.78, 5) is 6.00. The summed E-state index contributed by atoms with van der Waals surface area (Å²) in [6.45, 7) is 2.40. The first-order valence-electron chi connectivity index (χ1n) is 5.61. The van der Waals surface area contributed by atoms with Crippen molar-refractivity contribution in [1.29, 1.82) is 0 Å². The molecule has 0 saturated carbocycles. The van der Waals surface area contributed by atoms with Crippen LogP contribution in [0.2, 0.25) is 0 Å². The molecule has 1 aliphatic heterocycles. The highest BCUT2D eigenvalue weighted by molar-refractivity contribution is 5.53. The van der Waals surface area contributed by atoms with E-state index in [0.29, 0.717) is 18.1 Å². The summed E-state index contributed by atoms with van der Waals surface area (Å²) in [5, 5.41) is 0. The zero-order valence-electron chi connectivity index (χ0n) is 9.96. The van der Waals surface area contributed by atoms with Crippen LogP contribution in [-0.2, 0) is 0 Å². The molecule has 1 aromatic rings. The van der Waals surface area contributed by atoms with Gasteiger partial charge in [0.05, 0.1) is 11.9 Å². The maximum absolute atomic E-state index is 12.5. The van der Waals surface area contributed by atoms with Gasteiger partial charge in [0.15, 0.2) is 0 Å². The molecule has 0 fully saturated rings. The Hall–Kier alpha value is -1.72. The summed E-state index contributed by atoms with van der Waals surface area (Å²) in [5.74, 6) is 0.696. The molecule has 98 valence electrons. The van der Waals surface area contributed by atoms with Gasteiger partial charge in [0.25, 0.3) is 0 Å².